The number of piperazine rings is 1. The number of nitrogens with one attached hydrogen (secondary N) is 3. The summed E-state index contributed by atoms with van der Waals surface area (Å²) in [6, 6.07) is 7.46. The summed E-state index contributed by atoms with van der Waals surface area (Å²) in [7, 11) is 0. The van der Waals surface area contributed by atoms with Gasteiger partial charge in [-0.05, 0) is 43.4 Å². The largest absolute Gasteiger partial charge is 0.357 e. The van der Waals surface area contributed by atoms with Crippen molar-refractivity contribution in [3.05, 3.63) is 35.4 Å². The van der Waals surface area contributed by atoms with Gasteiger partial charge in [-0.3, -0.25) is 9.59 Å². The molecule has 1 aromatic carbocycles. The molecule has 0 aromatic heterocycles. The van der Waals surface area contributed by atoms with Crippen molar-refractivity contribution in [2.24, 2.45) is 10.9 Å². The summed E-state index contributed by atoms with van der Waals surface area (Å²) < 4.78 is 0. The van der Waals surface area contributed by atoms with Crippen LogP contribution in [0.5, 0.6) is 0 Å². The second kappa shape index (κ2) is 10.5. The van der Waals surface area contributed by atoms with Gasteiger partial charge in [-0.2, -0.15) is 0 Å². The Kier molecular flexibility index (Phi) is 8.33. The summed E-state index contributed by atoms with van der Waals surface area (Å²) in [6.45, 7) is 5.60. The molecule has 1 saturated heterocycles. The zero-order chi connectivity index (χ0) is 18.4. The van der Waals surface area contributed by atoms with Gasteiger partial charge in [-0.1, -0.05) is 12.1 Å². The highest BCUT2D eigenvalue weighted by molar-refractivity contribution is 14.0. The average molecular weight is 485 g/mol. The number of hydrogen-bond acceptors (Lipinski definition) is 3. The van der Waals surface area contributed by atoms with Crippen molar-refractivity contribution in [2.75, 3.05) is 32.7 Å². The predicted octanol–water partition coefficient (Wildman–Crippen LogP) is 1.34. The van der Waals surface area contributed by atoms with Crippen LogP contribution in [0, 0.1) is 5.92 Å². The summed E-state index contributed by atoms with van der Waals surface area (Å²) in [6.07, 6.45) is 2.61. The minimum atomic E-state index is -0.106. The van der Waals surface area contributed by atoms with E-state index in [1.165, 1.54) is 12.8 Å². The number of amides is 2. The SMILES string of the molecule is CCNC(=NCc1ccc(C(=O)N2CCNC(=O)C2)cc1)NCC1CC1.I. The third-order valence-electron chi connectivity index (χ3n) is 4.55. The highest BCUT2D eigenvalue weighted by atomic mass is 127. The first-order valence-corrected chi connectivity index (χ1v) is 9.33. The second-order valence-electron chi connectivity index (χ2n) is 6.79. The molecule has 0 atom stereocenters. The smallest absolute Gasteiger partial charge is 0.254 e. The maximum atomic E-state index is 12.5. The quantitative estimate of drug-likeness (QED) is 0.323. The summed E-state index contributed by atoms with van der Waals surface area (Å²) in [5, 5.41) is 9.35. The fourth-order valence-electron chi connectivity index (χ4n) is 2.82. The first-order chi connectivity index (χ1) is 12.7. The van der Waals surface area contributed by atoms with Gasteiger partial charge in [0.1, 0.15) is 0 Å². The van der Waals surface area contributed by atoms with Crippen LogP contribution in [0.25, 0.3) is 0 Å². The molecule has 1 heterocycles. The molecule has 1 aromatic rings. The van der Waals surface area contributed by atoms with Crippen molar-refractivity contribution >= 4 is 41.8 Å². The van der Waals surface area contributed by atoms with Crippen LogP contribution in [0.1, 0.15) is 35.7 Å². The number of benzene rings is 1. The van der Waals surface area contributed by atoms with E-state index in [1.54, 1.807) is 4.90 Å². The van der Waals surface area contributed by atoms with Crippen molar-refractivity contribution in [3.63, 3.8) is 0 Å². The van der Waals surface area contributed by atoms with E-state index in [0.29, 0.717) is 25.2 Å². The molecule has 0 radical (unpaired) electrons. The molecule has 27 heavy (non-hydrogen) atoms. The lowest BCUT2D eigenvalue weighted by Crippen LogP contribution is -2.49. The monoisotopic (exact) mass is 485 g/mol. The van der Waals surface area contributed by atoms with E-state index in [9.17, 15) is 9.59 Å². The molecular formula is C19H28IN5O2. The van der Waals surface area contributed by atoms with E-state index in [0.717, 1.165) is 30.5 Å². The molecule has 148 valence electrons. The minimum absolute atomic E-state index is 0. The molecule has 7 nitrogen and oxygen atoms in total. The van der Waals surface area contributed by atoms with Crippen LogP contribution >= 0.6 is 24.0 Å². The van der Waals surface area contributed by atoms with Crippen LogP contribution in [0.4, 0.5) is 0 Å². The van der Waals surface area contributed by atoms with Gasteiger partial charge in [0.05, 0.1) is 13.1 Å². The number of hydrogen-bond donors (Lipinski definition) is 3. The zero-order valence-electron chi connectivity index (χ0n) is 15.7. The van der Waals surface area contributed by atoms with Crippen LogP contribution in [0.2, 0.25) is 0 Å². The van der Waals surface area contributed by atoms with Crippen molar-refractivity contribution in [1.82, 2.24) is 20.9 Å². The Morgan fingerprint density at radius 2 is 2.00 bits per heavy atom. The highest BCUT2D eigenvalue weighted by Gasteiger charge is 2.22. The van der Waals surface area contributed by atoms with Crippen molar-refractivity contribution < 1.29 is 9.59 Å². The Morgan fingerprint density at radius 1 is 1.26 bits per heavy atom. The molecule has 0 unspecified atom stereocenters. The van der Waals surface area contributed by atoms with E-state index in [-0.39, 0.29) is 42.3 Å². The molecule has 2 fully saturated rings. The van der Waals surface area contributed by atoms with Crippen LogP contribution < -0.4 is 16.0 Å². The fourth-order valence-corrected chi connectivity index (χ4v) is 2.82. The predicted molar refractivity (Wildman–Crippen MR) is 116 cm³/mol. The lowest BCUT2D eigenvalue weighted by Gasteiger charge is -2.26. The normalized spacial score (nSPS) is 17.0. The first-order valence-electron chi connectivity index (χ1n) is 9.33. The Labute approximate surface area is 177 Å². The maximum Gasteiger partial charge on any atom is 0.254 e. The van der Waals surface area contributed by atoms with Gasteiger partial charge in [0.15, 0.2) is 5.96 Å². The number of rotatable bonds is 6. The molecule has 2 aliphatic rings. The van der Waals surface area contributed by atoms with Gasteiger partial charge in [0.2, 0.25) is 5.91 Å². The van der Waals surface area contributed by atoms with Crippen LogP contribution in [-0.2, 0) is 11.3 Å². The molecule has 1 aliphatic heterocycles. The molecule has 8 heteroatoms. The highest BCUT2D eigenvalue weighted by Crippen LogP contribution is 2.27. The lowest BCUT2D eigenvalue weighted by atomic mass is 10.1. The molecule has 1 saturated carbocycles. The lowest BCUT2D eigenvalue weighted by molar-refractivity contribution is -0.123. The van der Waals surface area contributed by atoms with Gasteiger partial charge in [0, 0.05) is 31.7 Å². The average Bonchev–Trinajstić information content (AvgIpc) is 3.48. The van der Waals surface area contributed by atoms with Gasteiger partial charge in [0.25, 0.3) is 5.91 Å². The Hall–Kier alpha value is -1.84. The van der Waals surface area contributed by atoms with Gasteiger partial charge >= 0.3 is 0 Å². The molecule has 1 aliphatic carbocycles. The number of halogens is 1. The topological polar surface area (TPSA) is 85.8 Å². The maximum absolute atomic E-state index is 12.5. The van der Waals surface area contributed by atoms with Crippen LogP contribution in [0.15, 0.2) is 29.3 Å². The van der Waals surface area contributed by atoms with E-state index in [2.05, 4.69) is 27.9 Å². The number of carbonyl (C=O) groups excluding carboxylic acids is 2. The third-order valence-corrected chi connectivity index (χ3v) is 4.55. The molecular weight excluding hydrogens is 457 g/mol. The van der Waals surface area contributed by atoms with E-state index < -0.39 is 0 Å². The number of aliphatic imine (C=N–C) groups is 1. The molecule has 3 rings (SSSR count). The van der Waals surface area contributed by atoms with Crippen LogP contribution in [0.3, 0.4) is 0 Å². The number of carbonyl (C=O) groups is 2. The Morgan fingerprint density at radius 3 is 2.63 bits per heavy atom. The molecule has 0 spiro atoms. The zero-order valence-corrected chi connectivity index (χ0v) is 18.0. The van der Waals surface area contributed by atoms with Crippen molar-refractivity contribution in [1.29, 1.82) is 0 Å². The van der Waals surface area contributed by atoms with Gasteiger partial charge in [-0.15, -0.1) is 24.0 Å². The summed E-state index contributed by atoms with van der Waals surface area (Å²) in [4.78, 5) is 30.1. The molecule has 3 N–H and O–H groups in total. The number of guanidine groups is 1. The van der Waals surface area contributed by atoms with E-state index in [4.69, 9.17) is 0 Å². The van der Waals surface area contributed by atoms with Gasteiger partial charge < -0.3 is 20.9 Å². The summed E-state index contributed by atoms with van der Waals surface area (Å²) in [5.41, 5.74) is 1.65. The van der Waals surface area contributed by atoms with Crippen molar-refractivity contribution in [3.8, 4) is 0 Å². The van der Waals surface area contributed by atoms with Crippen molar-refractivity contribution in [2.45, 2.75) is 26.3 Å². The first kappa shape index (κ1) is 21.5. The Bertz CT molecular complexity index is 673. The standard InChI is InChI=1S/C19H27N5O2.HI/c1-2-20-19(22-11-14-3-4-14)23-12-15-5-7-16(8-6-15)18(26)24-10-9-21-17(25)13-24;/h5-8,14H,2-4,9-13H2,1H3,(H,21,25)(H2,20,22,23);1H. The van der Waals surface area contributed by atoms with Gasteiger partial charge in [-0.25, -0.2) is 4.99 Å². The van der Waals surface area contributed by atoms with Crippen LogP contribution in [-0.4, -0.2) is 55.4 Å². The minimum Gasteiger partial charge on any atom is -0.357 e. The second-order valence-corrected chi connectivity index (χ2v) is 6.79. The summed E-state index contributed by atoms with van der Waals surface area (Å²) in [5.74, 6) is 1.42. The molecule has 2 amide bonds. The third kappa shape index (κ3) is 6.67. The van der Waals surface area contributed by atoms with E-state index >= 15 is 0 Å². The summed E-state index contributed by atoms with van der Waals surface area (Å²) >= 11 is 0. The Balaban J connectivity index is 0.00000261. The number of nitrogens with zero attached hydrogens (tertiary/aromatic N) is 2. The fraction of sp³-hybridized carbons (Fsp3) is 0.526. The molecule has 0 bridgehead atoms. The van der Waals surface area contributed by atoms with E-state index in [1.807, 2.05) is 24.3 Å².